The average Bonchev–Trinajstić information content (AvgIpc) is 2.69. The third-order valence-corrected chi connectivity index (χ3v) is 4.94. The van der Waals surface area contributed by atoms with E-state index in [9.17, 15) is 4.79 Å². The number of pyridine rings is 2. The van der Waals surface area contributed by atoms with Crippen molar-refractivity contribution in [3.63, 3.8) is 0 Å². The Balaban J connectivity index is 1.73. The van der Waals surface area contributed by atoms with E-state index in [4.69, 9.17) is 4.98 Å². The van der Waals surface area contributed by atoms with Gasteiger partial charge in [0.05, 0.1) is 16.9 Å². The third kappa shape index (κ3) is 3.38. The fourth-order valence-corrected chi connectivity index (χ4v) is 3.62. The molecule has 4 rings (SSSR count). The number of anilines is 1. The zero-order chi connectivity index (χ0) is 17.1. The lowest BCUT2D eigenvalue weighted by Gasteiger charge is -2.24. The summed E-state index contributed by atoms with van der Waals surface area (Å²) in [5, 5.41) is 4.14. The lowest BCUT2D eigenvalue weighted by Crippen LogP contribution is -2.16. The summed E-state index contributed by atoms with van der Waals surface area (Å²) in [6.45, 7) is 0. The molecule has 1 amide bonds. The number of carbonyl (C=O) groups excluding carboxylic acids is 1. The summed E-state index contributed by atoms with van der Waals surface area (Å²) >= 11 is 0. The number of aromatic nitrogens is 2. The third-order valence-electron chi connectivity index (χ3n) is 4.94. The smallest absolute Gasteiger partial charge is 0.255 e. The number of nitrogens with zero attached hydrogens (tertiary/aromatic N) is 2. The maximum atomic E-state index is 12.6. The first-order valence-electron chi connectivity index (χ1n) is 8.92. The Morgan fingerprint density at radius 1 is 1.00 bits per heavy atom. The highest BCUT2D eigenvalue weighted by Gasteiger charge is 2.22. The molecule has 2 aromatic heterocycles. The second-order valence-corrected chi connectivity index (χ2v) is 6.64. The summed E-state index contributed by atoms with van der Waals surface area (Å²) in [6, 6.07) is 13.6. The van der Waals surface area contributed by atoms with E-state index in [1.807, 2.05) is 24.3 Å². The fraction of sp³-hybridized carbons (Fsp3) is 0.286. The summed E-state index contributed by atoms with van der Waals surface area (Å²) in [7, 11) is 0. The first-order valence-corrected chi connectivity index (χ1v) is 8.92. The molecular formula is C21H21N3O. The van der Waals surface area contributed by atoms with Gasteiger partial charge in [0.1, 0.15) is 0 Å². The van der Waals surface area contributed by atoms with Crippen LogP contribution in [-0.4, -0.2) is 15.9 Å². The Bertz CT molecular complexity index is 886. The van der Waals surface area contributed by atoms with Gasteiger partial charge in [0.25, 0.3) is 5.91 Å². The average molecular weight is 331 g/mol. The minimum absolute atomic E-state index is 0.114. The number of para-hydroxylation sites is 1. The molecule has 4 nitrogen and oxygen atoms in total. The number of nitrogens with one attached hydrogen (secondary N) is 1. The summed E-state index contributed by atoms with van der Waals surface area (Å²) in [6.07, 6.45) is 9.31. The minimum atomic E-state index is -0.114. The van der Waals surface area contributed by atoms with Crippen molar-refractivity contribution in [3.05, 3.63) is 66.1 Å². The number of benzene rings is 1. The van der Waals surface area contributed by atoms with E-state index in [2.05, 4.69) is 16.4 Å². The minimum Gasteiger partial charge on any atom is -0.320 e. The lowest BCUT2D eigenvalue weighted by molar-refractivity contribution is 0.102. The van der Waals surface area contributed by atoms with Crippen molar-refractivity contribution in [2.45, 2.75) is 38.0 Å². The number of amides is 1. The molecule has 0 spiro atoms. The van der Waals surface area contributed by atoms with Gasteiger partial charge in [0, 0.05) is 29.3 Å². The molecule has 1 aliphatic rings. The summed E-state index contributed by atoms with van der Waals surface area (Å²) in [4.78, 5) is 21.5. The Kier molecular flexibility index (Phi) is 4.42. The molecule has 0 bridgehead atoms. The molecule has 2 heterocycles. The first kappa shape index (κ1) is 15.8. The zero-order valence-electron chi connectivity index (χ0n) is 14.1. The van der Waals surface area contributed by atoms with Crippen LogP contribution < -0.4 is 5.32 Å². The number of carbonyl (C=O) groups is 1. The van der Waals surface area contributed by atoms with Gasteiger partial charge in [-0.05, 0) is 37.1 Å². The largest absolute Gasteiger partial charge is 0.320 e. The lowest BCUT2D eigenvalue weighted by atomic mass is 9.85. The molecule has 0 atom stereocenters. The van der Waals surface area contributed by atoms with Gasteiger partial charge in [0.15, 0.2) is 0 Å². The molecule has 0 saturated heterocycles. The molecule has 1 saturated carbocycles. The van der Waals surface area contributed by atoms with Gasteiger partial charge in [-0.25, -0.2) is 0 Å². The standard InChI is InChI=1S/C21H21N3O/c25-21(16-10-12-22-13-11-16)24-19-14-17-8-4-5-9-18(17)23-20(19)15-6-2-1-3-7-15/h4-5,8-15H,1-3,6-7H2,(H,24,25). The van der Waals surface area contributed by atoms with E-state index < -0.39 is 0 Å². The Morgan fingerprint density at radius 2 is 1.76 bits per heavy atom. The van der Waals surface area contributed by atoms with Crippen LogP contribution >= 0.6 is 0 Å². The molecule has 3 aromatic rings. The highest BCUT2D eigenvalue weighted by Crippen LogP contribution is 2.36. The van der Waals surface area contributed by atoms with Crippen LogP contribution in [0.5, 0.6) is 0 Å². The molecular weight excluding hydrogens is 310 g/mol. The molecule has 0 unspecified atom stereocenters. The molecule has 25 heavy (non-hydrogen) atoms. The van der Waals surface area contributed by atoms with Gasteiger partial charge in [-0.15, -0.1) is 0 Å². The summed E-state index contributed by atoms with van der Waals surface area (Å²) in [5.41, 5.74) is 3.47. The van der Waals surface area contributed by atoms with Crippen molar-refractivity contribution in [1.29, 1.82) is 0 Å². The maximum Gasteiger partial charge on any atom is 0.255 e. The molecule has 0 radical (unpaired) electrons. The molecule has 1 aliphatic carbocycles. The van der Waals surface area contributed by atoms with Crippen LogP contribution in [0, 0.1) is 0 Å². The molecule has 126 valence electrons. The van der Waals surface area contributed by atoms with E-state index >= 15 is 0 Å². The molecule has 1 N–H and O–H groups in total. The van der Waals surface area contributed by atoms with Crippen molar-refractivity contribution < 1.29 is 4.79 Å². The van der Waals surface area contributed by atoms with Gasteiger partial charge in [-0.1, -0.05) is 37.5 Å². The highest BCUT2D eigenvalue weighted by atomic mass is 16.1. The van der Waals surface area contributed by atoms with E-state index in [0.29, 0.717) is 11.5 Å². The van der Waals surface area contributed by atoms with Crippen molar-refractivity contribution >= 4 is 22.5 Å². The SMILES string of the molecule is O=C(Nc1cc2ccccc2nc1C1CCCCC1)c1ccncc1. The van der Waals surface area contributed by atoms with Crippen molar-refractivity contribution in [2.75, 3.05) is 5.32 Å². The van der Waals surface area contributed by atoms with E-state index in [0.717, 1.165) is 35.1 Å². The first-order chi connectivity index (χ1) is 12.3. The van der Waals surface area contributed by atoms with Crippen molar-refractivity contribution in [3.8, 4) is 0 Å². The Labute approximate surface area is 147 Å². The number of rotatable bonds is 3. The van der Waals surface area contributed by atoms with E-state index in [-0.39, 0.29) is 5.91 Å². The van der Waals surface area contributed by atoms with Crippen LogP contribution in [0.25, 0.3) is 10.9 Å². The van der Waals surface area contributed by atoms with Crippen LogP contribution in [0.3, 0.4) is 0 Å². The maximum absolute atomic E-state index is 12.6. The van der Waals surface area contributed by atoms with Crippen LogP contribution in [0.4, 0.5) is 5.69 Å². The topological polar surface area (TPSA) is 54.9 Å². The van der Waals surface area contributed by atoms with Crippen LogP contribution in [0.15, 0.2) is 54.9 Å². The zero-order valence-corrected chi connectivity index (χ0v) is 14.1. The van der Waals surface area contributed by atoms with Crippen LogP contribution in [0.2, 0.25) is 0 Å². The van der Waals surface area contributed by atoms with Crippen molar-refractivity contribution in [2.24, 2.45) is 0 Å². The van der Waals surface area contributed by atoms with Gasteiger partial charge < -0.3 is 5.32 Å². The van der Waals surface area contributed by atoms with E-state index in [1.165, 1.54) is 19.3 Å². The van der Waals surface area contributed by atoms with Gasteiger partial charge in [-0.3, -0.25) is 14.8 Å². The molecule has 1 aromatic carbocycles. The molecule has 0 aliphatic heterocycles. The second-order valence-electron chi connectivity index (χ2n) is 6.64. The molecule has 4 heteroatoms. The number of fused-ring (bicyclic) bond motifs is 1. The van der Waals surface area contributed by atoms with E-state index in [1.54, 1.807) is 24.5 Å². The normalized spacial score (nSPS) is 15.2. The summed E-state index contributed by atoms with van der Waals surface area (Å²) in [5.74, 6) is 0.308. The fourth-order valence-electron chi connectivity index (χ4n) is 3.62. The van der Waals surface area contributed by atoms with Crippen LogP contribution in [-0.2, 0) is 0 Å². The quantitative estimate of drug-likeness (QED) is 0.740. The predicted octanol–water partition coefficient (Wildman–Crippen LogP) is 4.93. The monoisotopic (exact) mass is 331 g/mol. The Hall–Kier alpha value is -2.75. The number of hydrogen-bond donors (Lipinski definition) is 1. The highest BCUT2D eigenvalue weighted by molar-refractivity contribution is 6.05. The second kappa shape index (κ2) is 7.01. The van der Waals surface area contributed by atoms with Crippen LogP contribution in [0.1, 0.15) is 54.1 Å². The van der Waals surface area contributed by atoms with Crippen molar-refractivity contribution in [1.82, 2.24) is 9.97 Å². The van der Waals surface area contributed by atoms with Gasteiger partial charge in [0.2, 0.25) is 0 Å². The molecule has 1 fully saturated rings. The number of hydrogen-bond acceptors (Lipinski definition) is 3. The van der Waals surface area contributed by atoms with Gasteiger partial charge in [-0.2, -0.15) is 0 Å². The van der Waals surface area contributed by atoms with Gasteiger partial charge >= 0.3 is 0 Å². The Morgan fingerprint density at radius 3 is 2.56 bits per heavy atom. The summed E-state index contributed by atoms with van der Waals surface area (Å²) < 4.78 is 0. The predicted molar refractivity (Wildman–Crippen MR) is 99.8 cm³/mol.